The van der Waals surface area contributed by atoms with Gasteiger partial charge in [0.05, 0.1) is 5.52 Å². The molecule has 0 bridgehead atoms. The van der Waals surface area contributed by atoms with Crippen LogP contribution in [0.5, 0.6) is 5.75 Å². The Balaban J connectivity index is 1.77. The van der Waals surface area contributed by atoms with Gasteiger partial charge in [-0.15, -0.1) is 0 Å². The van der Waals surface area contributed by atoms with Crippen molar-refractivity contribution in [3.05, 3.63) is 90.2 Å². The van der Waals surface area contributed by atoms with Crippen LogP contribution in [0.1, 0.15) is 5.56 Å². The summed E-state index contributed by atoms with van der Waals surface area (Å²) >= 11 is 0. The second-order valence-corrected chi connectivity index (χ2v) is 5.94. The third-order valence-corrected chi connectivity index (χ3v) is 4.30. The van der Waals surface area contributed by atoms with Gasteiger partial charge in [-0.2, -0.15) is 0 Å². The van der Waals surface area contributed by atoms with Crippen molar-refractivity contribution in [3.63, 3.8) is 0 Å². The number of phenols is 1. The second kappa shape index (κ2) is 6.29. The fourth-order valence-corrected chi connectivity index (χ4v) is 2.96. The molecule has 0 saturated heterocycles. The van der Waals surface area contributed by atoms with E-state index in [-0.39, 0.29) is 17.1 Å². The number of rotatable bonds is 2. The van der Waals surface area contributed by atoms with E-state index in [9.17, 15) is 5.11 Å². The van der Waals surface area contributed by atoms with Gasteiger partial charge >= 0.3 is 0 Å². The Hall–Kier alpha value is -3.73. The lowest BCUT2D eigenvalue weighted by Crippen LogP contribution is -2.26. The number of hydrogen-bond acceptors (Lipinski definition) is 4. The van der Waals surface area contributed by atoms with Gasteiger partial charge in [0.1, 0.15) is 17.1 Å². The van der Waals surface area contributed by atoms with Crippen LogP contribution in [-0.2, 0) is 0 Å². The van der Waals surface area contributed by atoms with Crippen molar-refractivity contribution in [1.82, 2.24) is 9.55 Å². The van der Waals surface area contributed by atoms with Crippen molar-refractivity contribution >= 4 is 16.7 Å². The number of nitrogens with zero attached hydrogens (tertiary/aromatic N) is 2. The van der Waals surface area contributed by atoms with E-state index in [1.165, 1.54) is 4.57 Å². The summed E-state index contributed by atoms with van der Waals surface area (Å²) in [6.45, 7) is 0. The highest BCUT2D eigenvalue weighted by atomic mass is 16.3. The molecule has 2 aromatic carbocycles. The highest BCUT2D eigenvalue weighted by Crippen LogP contribution is 2.21. The van der Waals surface area contributed by atoms with Crippen LogP contribution in [0.3, 0.4) is 0 Å². The maximum atomic E-state index is 9.41. The molecule has 5 nitrogen and oxygen atoms in total. The van der Waals surface area contributed by atoms with Crippen LogP contribution < -0.4 is 5.49 Å². The van der Waals surface area contributed by atoms with Crippen molar-refractivity contribution in [3.8, 4) is 16.9 Å². The van der Waals surface area contributed by atoms with Crippen LogP contribution in [0.15, 0.2) is 79.1 Å². The summed E-state index contributed by atoms with van der Waals surface area (Å²) in [7, 11) is 0. The summed E-state index contributed by atoms with van der Waals surface area (Å²) < 4.78 is 1.53. The third kappa shape index (κ3) is 2.75. The largest absolute Gasteiger partial charge is 0.508 e. The zero-order valence-corrected chi connectivity index (χ0v) is 13.8. The average molecular weight is 340 g/mol. The SMILES string of the molecule is N=C(c1ccnc2ccccc12)n1ccc(-c2ccc(O)cc2)cc1=N. The van der Waals surface area contributed by atoms with E-state index < -0.39 is 0 Å². The highest BCUT2D eigenvalue weighted by molar-refractivity contribution is 6.08. The minimum atomic E-state index is 0.206. The first-order chi connectivity index (χ1) is 12.6. The van der Waals surface area contributed by atoms with Crippen molar-refractivity contribution < 1.29 is 5.11 Å². The third-order valence-electron chi connectivity index (χ3n) is 4.30. The van der Waals surface area contributed by atoms with Crippen LogP contribution >= 0.6 is 0 Å². The molecule has 0 aliphatic heterocycles. The van der Waals surface area contributed by atoms with E-state index in [4.69, 9.17) is 10.8 Å². The fourth-order valence-electron chi connectivity index (χ4n) is 2.96. The Morgan fingerprint density at radius 2 is 1.69 bits per heavy atom. The molecule has 0 unspecified atom stereocenters. The Morgan fingerprint density at radius 1 is 0.923 bits per heavy atom. The first kappa shape index (κ1) is 15.8. The number of pyridine rings is 2. The molecule has 0 aliphatic carbocycles. The molecule has 26 heavy (non-hydrogen) atoms. The summed E-state index contributed by atoms with van der Waals surface area (Å²) in [6, 6.07) is 19.9. The van der Waals surface area contributed by atoms with Crippen molar-refractivity contribution in [2.45, 2.75) is 0 Å². The lowest BCUT2D eigenvalue weighted by molar-refractivity contribution is 0.475. The topological polar surface area (TPSA) is 85.8 Å². The average Bonchev–Trinajstić information content (AvgIpc) is 2.67. The van der Waals surface area contributed by atoms with Gasteiger partial charge in [-0.1, -0.05) is 30.3 Å². The maximum Gasteiger partial charge on any atom is 0.138 e. The minimum Gasteiger partial charge on any atom is -0.508 e. The lowest BCUT2D eigenvalue weighted by atomic mass is 10.1. The smallest absolute Gasteiger partial charge is 0.138 e. The van der Waals surface area contributed by atoms with Crippen molar-refractivity contribution in [1.29, 1.82) is 10.8 Å². The van der Waals surface area contributed by atoms with Gasteiger partial charge in [-0.25, -0.2) is 0 Å². The van der Waals surface area contributed by atoms with E-state index in [0.717, 1.165) is 27.6 Å². The predicted octanol–water partition coefficient (Wildman–Crippen LogP) is 3.76. The highest BCUT2D eigenvalue weighted by Gasteiger charge is 2.10. The molecule has 126 valence electrons. The molecular formula is C21H16N4O. The first-order valence-corrected chi connectivity index (χ1v) is 8.13. The summed E-state index contributed by atoms with van der Waals surface area (Å²) in [5.74, 6) is 0.433. The quantitative estimate of drug-likeness (QED) is 0.383. The minimum absolute atomic E-state index is 0.206. The summed E-state index contributed by atoms with van der Waals surface area (Å²) in [5, 5.41) is 27.2. The number of para-hydroxylation sites is 1. The monoisotopic (exact) mass is 340 g/mol. The maximum absolute atomic E-state index is 9.41. The van der Waals surface area contributed by atoms with Gasteiger partial charge in [-0.05, 0) is 47.5 Å². The van der Waals surface area contributed by atoms with E-state index in [2.05, 4.69) is 4.98 Å². The van der Waals surface area contributed by atoms with Crippen LogP contribution in [-0.4, -0.2) is 20.5 Å². The first-order valence-electron chi connectivity index (χ1n) is 8.13. The van der Waals surface area contributed by atoms with Gasteiger partial charge in [0.2, 0.25) is 0 Å². The Bertz CT molecular complexity index is 1170. The van der Waals surface area contributed by atoms with Crippen LogP contribution in [0.25, 0.3) is 22.0 Å². The van der Waals surface area contributed by atoms with Gasteiger partial charge in [0, 0.05) is 23.3 Å². The molecule has 0 amide bonds. The molecule has 4 aromatic rings. The molecule has 0 spiro atoms. The van der Waals surface area contributed by atoms with Crippen LogP contribution in [0.2, 0.25) is 0 Å². The molecular weight excluding hydrogens is 324 g/mol. The number of phenolic OH excluding ortho intramolecular Hbond substituents is 1. The van der Waals surface area contributed by atoms with Crippen LogP contribution in [0.4, 0.5) is 0 Å². The van der Waals surface area contributed by atoms with Crippen molar-refractivity contribution in [2.75, 3.05) is 0 Å². The van der Waals surface area contributed by atoms with Gasteiger partial charge in [0.25, 0.3) is 0 Å². The number of nitrogens with one attached hydrogen (secondary N) is 2. The molecule has 0 atom stereocenters. The molecule has 2 aromatic heterocycles. The normalized spacial score (nSPS) is 10.8. The number of fused-ring (bicyclic) bond motifs is 1. The molecule has 0 fully saturated rings. The zero-order chi connectivity index (χ0) is 18.1. The van der Waals surface area contributed by atoms with Gasteiger partial charge in [-0.3, -0.25) is 20.4 Å². The molecule has 2 heterocycles. The van der Waals surface area contributed by atoms with Crippen LogP contribution in [0, 0.1) is 10.8 Å². The van der Waals surface area contributed by atoms with E-state index >= 15 is 0 Å². The summed E-state index contributed by atoms with van der Waals surface area (Å²) in [4.78, 5) is 4.33. The number of benzene rings is 2. The van der Waals surface area contributed by atoms with Gasteiger partial charge in [0.15, 0.2) is 0 Å². The Labute approximate surface area is 149 Å². The second-order valence-electron chi connectivity index (χ2n) is 5.94. The molecule has 0 saturated carbocycles. The number of aromatic hydroxyl groups is 1. The van der Waals surface area contributed by atoms with E-state index in [0.29, 0.717) is 0 Å². The summed E-state index contributed by atoms with van der Waals surface area (Å²) in [6.07, 6.45) is 3.41. The van der Waals surface area contributed by atoms with E-state index in [1.807, 2.05) is 30.3 Å². The standard InChI is InChI=1S/C21H16N4O/c22-20-13-15(14-5-7-16(26)8-6-14)10-12-25(20)21(23)18-9-11-24-19-4-2-1-3-17(18)19/h1-13,22-23,26H. The Morgan fingerprint density at radius 3 is 2.46 bits per heavy atom. The fraction of sp³-hybridized carbons (Fsp3) is 0. The zero-order valence-electron chi connectivity index (χ0n) is 13.8. The van der Waals surface area contributed by atoms with Gasteiger partial charge < -0.3 is 5.11 Å². The molecule has 0 radical (unpaired) electrons. The molecule has 4 rings (SSSR count). The Kier molecular flexibility index (Phi) is 3.82. The molecule has 0 aliphatic rings. The van der Waals surface area contributed by atoms with E-state index in [1.54, 1.807) is 48.8 Å². The summed E-state index contributed by atoms with van der Waals surface area (Å²) in [5.41, 5.74) is 3.53. The lowest BCUT2D eigenvalue weighted by Gasteiger charge is -2.12. The van der Waals surface area contributed by atoms with Crippen molar-refractivity contribution in [2.24, 2.45) is 0 Å². The number of aromatic nitrogens is 2. The molecule has 5 heteroatoms. The number of hydrogen-bond donors (Lipinski definition) is 3. The molecule has 3 N–H and O–H groups in total. The predicted molar refractivity (Wildman–Crippen MR) is 101 cm³/mol.